The largest absolute Gasteiger partial charge is 0.352 e. The molecule has 1 heterocycles. The average Bonchev–Trinajstić information content (AvgIpc) is 3.05. The summed E-state index contributed by atoms with van der Waals surface area (Å²) in [7, 11) is -2.36. The van der Waals surface area contributed by atoms with Crippen LogP contribution in [0, 0.1) is 0 Å². The van der Waals surface area contributed by atoms with E-state index < -0.39 is 10.0 Å². The minimum Gasteiger partial charge on any atom is -0.352 e. The van der Waals surface area contributed by atoms with Crippen molar-refractivity contribution < 1.29 is 13.2 Å². The smallest absolute Gasteiger partial charge is 0.243 e. The second-order valence-electron chi connectivity index (χ2n) is 7.44. The van der Waals surface area contributed by atoms with E-state index in [4.69, 9.17) is 0 Å². The van der Waals surface area contributed by atoms with Crippen LogP contribution in [0.5, 0.6) is 0 Å². The van der Waals surface area contributed by atoms with Gasteiger partial charge >= 0.3 is 0 Å². The highest BCUT2D eigenvalue weighted by Gasteiger charge is 2.25. The van der Waals surface area contributed by atoms with Crippen LogP contribution in [0.25, 0.3) is 11.0 Å². The maximum absolute atomic E-state index is 12.8. The Hall–Kier alpha value is -2.00. The Morgan fingerprint density at radius 2 is 2.00 bits per heavy atom. The number of aromatic nitrogens is 3. The molecule has 1 aromatic carbocycles. The normalized spacial score (nSPS) is 16.3. The van der Waals surface area contributed by atoms with Crippen molar-refractivity contribution in [2.24, 2.45) is 0 Å². The zero-order valence-electron chi connectivity index (χ0n) is 16.1. The van der Waals surface area contributed by atoms with Gasteiger partial charge in [0.2, 0.25) is 15.9 Å². The predicted octanol–water partition coefficient (Wildman–Crippen LogP) is 2.08. The summed E-state index contributed by atoms with van der Waals surface area (Å²) >= 11 is 0. The number of carbonyl (C=O) groups excluding carboxylic acids is 1. The minimum absolute atomic E-state index is 0.110. The Labute approximate surface area is 160 Å². The number of likely N-dealkylation sites (N-methyl/N-ethyl adjacent to an activating group) is 1. The molecular formula is C18H27N5O3S. The molecule has 0 saturated heterocycles. The Balaban J connectivity index is 1.72. The molecule has 8 nitrogen and oxygen atoms in total. The molecule has 0 radical (unpaired) electrons. The molecule has 1 aliphatic carbocycles. The number of fused-ring (bicyclic) bond motifs is 1. The van der Waals surface area contributed by atoms with Crippen molar-refractivity contribution in [3.05, 3.63) is 18.2 Å². The summed E-state index contributed by atoms with van der Waals surface area (Å²) in [5.41, 5.74) is 1.30. The van der Waals surface area contributed by atoms with Gasteiger partial charge in [0.1, 0.15) is 5.52 Å². The lowest BCUT2D eigenvalue weighted by molar-refractivity contribution is -0.122. The molecule has 0 aliphatic heterocycles. The highest BCUT2D eigenvalue weighted by Crippen LogP contribution is 2.22. The van der Waals surface area contributed by atoms with Gasteiger partial charge in [-0.3, -0.25) is 4.79 Å². The molecule has 0 atom stereocenters. The number of benzene rings is 1. The molecule has 148 valence electrons. The number of nitrogens with one attached hydrogen (secondary N) is 1. The van der Waals surface area contributed by atoms with E-state index >= 15 is 0 Å². The molecule has 27 heavy (non-hydrogen) atoms. The lowest BCUT2D eigenvalue weighted by atomic mass is 9.95. The summed E-state index contributed by atoms with van der Waals surface area (Å²) in [4.78, 5) is 12.4. The molecule has 1 fully saturated rings. The van der Waals surface area contributed by atoms with Gasteiger partial charge < -0.3 is 5.32 Å². The molecular weight excluding hydrogens is 366 g/mol. The topological polar surface area (TPSA) is 97.2 Å². The second kappa shape index (κ2) is 7.93. The van der Waals surface area contributed by atoms with E-state index in [2.05, 4.69) is 15.6 Å². The summed E-state index contributed by atoms with van der Waals surface area (Å²) in [5.74, 6) is -0.264. The number of amides is 1. The molecule has 1 saturated carbocycles. The molecule has 1 aliphatic rings. The lowest BCUT2D eigenvalue weighted by Gasteiger charge is -2.24. The Morgan fingerprint density at radius 1 is 1.30 bits per heavy atom. The molecule has 0 unspecified atom stereocenters. The summed E-state index contributed by atoms with van der Waals surface area (Å²) < 4.78 is 28.5. The lowest BCUT2D eigenvalue weighted by Crippen LogP contribution is -2.43. The van der Waals surface area contributed by atoms with Gasteiger partial charge in [0, 0.05) is 19.1 Å². The molecule has 9 heteroatoms. The van der Waals surface area contributed by atoms with Gasteiger partial charge in [0.05, 0.1) is 17.0 Å². The molecule has 1 aromatic heterocycles. The second-order valence-corrected chi connectivity index (χ2v) is 9.49. The average molecular weight is 394 g/mol. The monoisotopic (exact) mass is 393 g/mol. The summed E-state index contributed by atoms with van der Waals surface area (Å²) in [6.45, 7) is 3.77. The zero-order valence-corrected chi connectivity index (χ0v) is 16.9. The van der Waals surface area contributed by atoms with Crippen LogP contribution in [0.15, 0.2) is 23.1 Å². The zero-order chi connectivity index (χ0) is 19.6. The SMILES string of the molecule is CC(C)n1nnc2cc(S(=O)(=O)N(C)CC(=O)NC3CCCCC3)ccc21. The third-order valence-corrected chi connectivity index (χ3v) is 6.78. The maximum Gasteiger partial charge on any atom is 0.243 e. The molecule has 0 bridgehead atoms. The van der Waals surface area contributed by atoms with E-state index in [0.29, 0.717) is 5.52 Å². The van der Waals surface area contributed by atoms with Crippen LogP contribution in [0.3, 0.4) is 0 Å². The number of rotatable bonds is 6. The first-order valence-corrected chi connectivity index (χ1v) is 10.8. The molecule has 3 rings (SSSR count). The van der Waals surface area contributed by atoms with Gasteiger partial charge in [-0.25, -0.2) is 13.1 Å². The van der Waals surface area contributed by atoms with Crippen molar-refractivity contribution in [2.45, 2.75) is 62.9 Å². The van der Waals surface area contributed by atoms with E-state index in [1.807, 2.05) is 13.8 Å². The van der Waals surface area contributed by atoms with Crippen molar-refractivity contribution in [3.63, 3.8) is 0 Å². The Morgan fingerprint density at radius 3 is 2.67 bits per heavy atom. The van der Waals surface area contributed by atoms with Crippen LogP contribution in [0.1, 0.15) is 52.0 Å². The van der Waals surface area contributed by atoms with Gasteiger partial charge in [-0.2, -0.15) is 4.31 Å². The molecule has 0 spiro atoms. The predicted molar refractivity (Wildman–Crippen MR) is 103 cm³/mol. The number of nitrogens with zero attached hydrogens (tertiary/aromatic N) is 4. The molecule has 1 amide bonds. The summed E-state index contributed by atoms with van der Waals surface area (Å²) in [6.07, 6.45) is 5.34. The van der Waals surface area contributed by atoms with Crippen LogP contribution >= 0.6 is 0 Å². The van der Waals surface area contributed by atoms with Gasteiger partial charge in [0.25, 0.3) is 0 Å². The van der Waals surface area contributed by atoms with E-state index in [1.54, 1.807) is 10.7 Å². The standard InChI is InChI=1S/C18H27N5O3S/c1-13(2)23-17-10-9-15(11-16(17)20-21-23)27(25,26)22(3)12-18(24)19-14-7-5-4-6-8-14/h9-11,13-14H,4-8,12H2,1-3H3,(H,19,24). The molecule has 2 aromatic rings. The van der Waals surface area contributed by atoms with Crippen molar-refractivity contribution >= 4 is 27.0 Å². The van der Waals surface area contributed by atoms with Crippen LogP contribution < -0.4 is 5.32 Å². The first kappa shape index (κ1) is 19.8. The number of carbonyl (C=O) groups is 1. The van der Waals surface area contributed by atoms with Crippen LogP contribution in [0.2, 0.25) is 0 Å². The van der Waals surface area contributed by atoms with E-state index in [-0.39, 0.29) is 29.4 Å². The fraction of sp³-hybridized carbons (Fsp3) is 0.611. The highest BCUT2D eigenvalue weighted by atomic mass is 32.2. The third-order valence-electron chi connectivity index (χ3n) is 4.98. The van der Waals surface area contributed by atoms with Crippen LogP contribution in [-0.2, 0) is 14.8 Å². The third kappa shape index (κ3) is 4.30. The Kier molecular flexibility index (Phi) is 5.81. The van der Waals surface area contributed by atoms with Crippen molar-refractivity contribution in [3.8, 4) is 0 Å². The van der Waals surface area contributed by atoms with Crippen molar-refractivity contribution in [1.29, 1.82) is 0 Å². The fourth-order valence-corrected chi connectivity index (χ4v) is 4.60. The first-order valence-electron chi connectivity index (χ1n) is 9.39. The number of sulfonamides is 1. The molecule has 1 N–H and O–H groups in total. The quantitative estimate of drug-likeness (QED) is 0.810. The van der Waals surface area contributed by atoms with Gasteiger partial charge in [-0.1, -0.05) is 24.5 Å². The highest BCUT2D eigenvalue weighted by molar-refractivity contribution is 7.89. The first-order chi connectivity index (χ1) is 12.8. The maximum atomic E-state index is 12.8. The Bertz CT molecular complexity index is 916. The van der Waals surface area contributed by atoms with Crippen molar-refractivity contribution in [2.75, 3.05) is 13.6 Å². The van der Waals surface area contributed by atoms with E-state index in [1.165, 1.54) is 25.6 Å². The van der Waals surface area contributed by atoms with Gasteiger partial charge in [-0.15, -0.1) is 5.10 Å². The van der Waals surface area contributed by atoms with Crippen molar-refractivity contribution in [1.82, 2.24) is 24.6 Å². The summed E-state index contributed by atoms with van der Waals surface area (Å²) in [6, 6.07) is 5.04. The van der Waals surface area contributed by atoms with Crippen LogP contribution in [-0.4, -0.2) is 53.3 Å². The number of hydrogen-bond acceptors (Lipinski definition) is 5. The van der Waals surface area contributed by atoms with Crippen LogP contribution in [0.4, 0.5) is 0 Å². The van der Waals surface area contributed by atoms with Gasteiger partial charge in [0.15, 0.2) is 0 Å². The van der Waals surface area contributed by atoms with Gasteiger partial charge in [-0.05, 0) is 44.9 Å². The minimum atomic E-state index is -3.78. The fourth-order valence-electron chi connectivity index (χ4n) is 3.45. The van der Waals surface area contributed by atoms with E-state index in [9.17, 15) is 13.2 Å². The summed E-state index contributed by atoms with van der Waals surface area (Å²) in [5, 5.41) is 11.1. The number of hydrogen-bond donors (Lipinski definition) is 1. The van der Waals surface area contributed by atoms with E-state index in [0.717, 1.165) is 35.5 Å².